The van der Waals surface area contributed by atoms with Gasteiger partial charge in [0.1, 0.15) is 0 Å². The molecule has 2 rings (SSSR count). The van der Waals surface area contributed by atoms with Crippen molar-refractivity contribution in [1.29, 1.82) is 0 Å². The second-order valence-corrected chi connectivity index (χ2v) is 6.18. The summed E-state index contributed by atoms with van der Waals surface area (Å²) in [5, 5.41) is 22.3. The van der Waals surface area contributed by atoms with E-state index in [9.17, 15) is 10.2 Å². The molecule has 2 aliphatic rings. The second-order valence-electron chi connectivity index (χ2n) is 6.18. The van der Waals surface area contributed by atoms with Crippen LogP contribution in [0.3, 0.4) is 0 Å². The minimum atomic E-state index is -0.810. The SMILES string of the molecule is C=CCC[C@@]1(O)CC[C@@](O)(CC=C)C12CC=CCC2. The maximum atomic E-state index is 11.2. The molecule has 0 amide bonds. The Labute approximate surface area is 116 Å². The molecule has 0 aromatic rings. The van der Waals surface area contributed by atoms with Crippen molar-refractivity contribution in [3.63, 3.8) is 0 Å². The maximum Gasteiger partial charge on any atom is 0.0769 e. The van der Waals surface area contributed by atoms with Gasteiger partial charge in [0.25, 0.3) is 0 Å². The van der Waals surface area contributed by atoms with Gasteiger partial charge in [-0.2, -0.15) is 0 Å². The lowest BCUT2D eigenvalue weighted by Crippen LogP contribution is -2.55. The van der Waals surface area contributed by atoms with Crippen LogP contribution < -0.4 is 0 Å². The van der Waals surface area contributed by atoms with Gasteiger partial charge >= 0.3 is 0 Å². The average Bonchev–Trinajstić information content (AvgIpc) is 2.62. The van der Waals surface area contributed by atoms with Crippen molar-refractivity contribution in [2.75, 3.05) is 0 Å². The van der Waals surface area contributed by atoms with E-state index in [1.807, 2.05) is 6.08 Å². The van der Waals surface area contributed by atoms with Crippen LogP contribution >= 0.6 is 0 Å². The first kappa shape index (κ1) is 14.5. The van der Waals surface area contributed by atoms with Crippen molar-refractivity contribution >= 4 is 0 Å². The third-order valence-corrected chi connectivity index (χ3v) is 5.35. The molecule has 0 aromatic carbocycles. The minimum absolute atomic E-state index is 0.411. The molecule has 1 spiro atoms. The first-order valence-electron chi connectivity index (χ1n) is 7.35. The highest BCUT2D eigenvalue weighted by molar-refractivity contribution is 5.21. The molecule has 0 heterocycles. The van der Waals surface area contributed by atoms with E-state index in [4.69, 9.17) is 0 Å². The molecular formula is C17H26O2. The van der Waals surface area contributed by atoms with Gasteiger partial charge in [-0.15, -0.1) is 13.2 Å². The number of hydrogen-bond donors (Lipinski definition) is 2. The van der Waals surface area contributed by atoms with Gasteiger partial charge in [-0.3, -0.25) is 0 Å². The lowest BCUT2D eigenvalue weighted by atomic mass is 9.58. The zero-order valence-electron chi connectivity index (χ0n) is 11.8. The van der Waals surface area contributed by atoms with Gasteiger partial charge < -0.3 is 10.2 Å². The zero-order valence-corrected chi connectivity index (χ0v) is 11.8. The van der Waals surface area contributed by atoms with Crippen LogP contribution in [0.15, 0.2) is 37.5 Å². The molecule has 0 aromatic heterocycles. The van der Waals surface area contributed by atoms with Crippen LogP contribution in [0.2, 0.25) is 0 Å². The predicted octanol–water partition coefficient (Wildman–Crippen LogP) is 3.51. The summed E-state index contributed by atoms with van der Waals surface area (Å²) in [4.78, 5) is 0. The standard InChI is InChI=1S/C17H26O2/c1-3-5-12-17(19)14-13-16(18,9-4-2)15(17)10-7-6-8-11-15/h3-4,6-7,18-19H,1-2,5,8-14H2/t15?,16-,17+/m0/s1. The van der Waals surface area contributed by atoms with Crippen LogP contribution in [-0.2, 0) is 0 Å². The third kappa shape index (κ3) is 2.11. The zero-order chi connectivity index (χ0) is 14.0. The van der Waals surface area contributed by atoms with Crippen LogP contribution in [0, 0.1) is 5.41 Å². The van der Waals surface area contributed by atoms with Crippen molar-refractivity contribution in [2.24, 2.45) is 5.41 Å². The monoisotopic (exact) mass is 262 g/mol. The molecule has 1 unspecified atom stereocenters. The molecule has 0 saturated heterocycles. The van der Waals surface area contributed by atoms with E-state index in [0.29, 0.717) is 25.7 Å². The predicted molar refractivity (Wildman–Crippen MR) is 78.8 cm³/mol. The summed E-state index contributed by atoms with van der Waals surface area (Å²) < 4.78 is 0. The Hall–Kier alpha value is -0.860. The quantitative estimate of drug-likeness (QED) is 0.744. The summed E-state index contributed by atoms with van der Waals surface area (Å²) in [7, 11) is 0. The highest BCUT2D eigenvalue weighted by Crippen LogP contribution is 2.61. The van der Waals surface area contributed by atoms with E-state index in [2.05, 4.69) is 25.3 Å². The topological polar surface area (TPSA) is 40.5 Å². The van der Waals surface area contributed by atoms with Crippen LogP contribution in [0.1, 0.15) is 51.4 Å². The molecule has 2 N–H and O–H groups in total. The summed E-state index contributed by atoms with van der Waals surface area (Å²) in [5.41, 5.74) is -1.99. The fraction of sp³-hybridized carbons (Fsp3) is 0.647. The number of rotatable bonds is 5. The van der Waals surface area contributed by atoms with E-state index in [-0.39, 0.29) is 0 Å². The Morgan fingerprint density at radius 1 is 1.00 bits per heavy atom. The van der Waals surface area contributed by atoms with Gasteiger partial charge in [-0.25, -0.2) is 0 Å². The highest BCUT2D eigenvalue weighted by atomic mass is 16.3. The van der Waals surface area contributed by atoms with E-state index in [1.165, 1.54) is 0 Å². The highest BCUT2D eigenvalue weighted by Gasteiger charge is 2.64. The largest absolute Gasteiger partial charge is 0.389 e. The van der Waals surface area contributed by atoms with E-state index in [0.717, 1.165) is 25.7 Å². The lowest BCUT2D eigenvalue weighted by Gasteiger charge is -2.51. The van der Waals surface area contributed by atoms with Crippen molar-refractivity contribution in [1.82, 2.24) is 0 Å². The normalized spacial score (nSPS) is 41.6. The van der Waals surface area contributed by atoms with Crippen LogP contribution in [-0.4, -0.2) is 21.4 Å². The summed E-state index contributed by atoms with van der Waals surface area (Å²) in [6.45, 7) is 7.54. The molecule has 1 saturated carbocycles. The van der Waals surface area contributed by atoms with Gasteiger partial charge in [0.05, 0.1) is 11.2 Å². The smallest absolute Gasteiger partial charge is 0.0769 e. The number of hydrogen-bond acceptors (Lipinski definition) is 2. The molecule has 2 nitrogen and oxygen atoms in total. The van der Waals surface area contributed by atoms with Gasteiger partial charge in [-0.1, -0.05) is 24.3 Å². The molecule has 1 fully saturated rings. The molecule has 0 aliphatic heterocycles. The van der Waals surface area contributed by atoms with Crippen LogP contribution in [0.4, 0.5) is 0 Å². The van der Waals surface area contributed by atoms with E-state index >= 15 is 0 Å². The first-order valence-corrected chi connectivity index (χ1v) is 7.35. The van der Waals surface area contributed by atoms with Gasteiger partial charge in [0.2, 0.25) is 0 Å². The van der Waals surface area contributed by atoms with E-state index in [1.54, 1.807) is 6.08 Å². The molecule has 19 heavy (non-hydrogen) atoms. The summed E-state index contributed by atoms with van der Waals surface area (Å²) in [6, 6.07) is 0. The lowest BCUT2D eigenvalue weighted by molar-refractivity contribution is -0.157. The summed E-state index contributed by atoms with van der Waals surface area (Å²) in [6.07, 6.45) is 13.9. The average molecular weight is 262 g/mol. The Morgan fingerprint density at radius 3 is 2.32 bits per heavy atom. The third-order valence-electron chi connectivity index (χ3n) is 5.35. The first-order chi connectivity index (χ1) is 9.04. The molecule has 3 atom stereocenters. The summed E-state index contributed by atoms with van der Waals surface area (Å²) >= 11 is 0. The van der Waals surface area contributed by atoms with Crippen molar-refractivity contribution < 1.29 is 10.2 Å². The minimum Gasteiger partial charge on any atom is -0.389 e. The molecular weight excluding hydrogens is 236 g/mol. The van der Waals surface area contributed by atoms with Crippen molar-refractivity contribution in [2.45, 2.75) is 62.6 Å². The molecule has 0 radical (unpaired) electrons. The van der Waals surface area contributed by atoms with Crippen LogP contribution in [0.5, 0.6) is 0 Å². The van der Waals surface area contributed by atoms with Gasteiger partial charge in [0, 0.05) is 5.41 Å². The Kier molecular flexibility index (Phi) is 4.03. The Bertz CT molecular complexity index is 387. The Morgan fingerprint density at radius 2 is 1.74 bits per heavy atom. The second kappa shape index (κ2) is 5.26. The van der Waals surface area contributed by atoms with Crippen molar-refractivity contribution in [3.8, 4) is 0 Å². The summed E-state index contributed by atoms with van der Waals surface area (Å²) in [5.74, 6) is 0. The van der Waals surface area contributed by atoms with E-state index < -0.39 is 16.6 Å². The van der Waals surface area contributed by atoms with Crippen molar-refractivity contribution in [3.05, 3.63) is 37.5 Å². The Balaban J connectivity index is 2.37. The number of aliphatic hydroxyl groups is 2. The fourth-order valence-electron chi connectivity index (χ4n) is 4.25. The fourth-order valence-corrected chi connectivity index (χ4v) is 4.25. The molecule has 106 valence electrons. The number of allylic oxidation sites excluding steroid dienone is 3. The van der Waals surface area contributed by atoms with Crippen LogP contribution in [0.25, 0.3) is 0 Å². The molecule has 0 bridgehead atoms. The molecule has 2 heteroatoms. The molecule has 2 aliphatic carbocycles. The maximum absolute atomic E-state index is 11.2. The van der Waals surface area contributed by atoms with Gasteiger partial charge in [-0.05, 0) is 51.4 Å². The van der Waals surface area contributed by atoms with Gasteiger partial charge in [0.15, 0.2) is 0 Å².